The first-order valence-electron chi connectivity index (χ1n) is 15.5. The summed E-state index contributed by atoms with van der Waals surface area (Å²) in [6.07, 6.45) is 3.96. The van der Waals surface area contributed by atoms with Crippen molar-refractivity contribution in [2.75, 3.05) is 25.1 Å². The zero-order chi connectivity index (χ0) is 30.2. The number of amides is 2. The van der Waals surface area contributed by atoms with Gasteiger partial charge >= 0.3 is 6.09 Å². The second kappa shape index (κ2) is 11.9. The van der Waals surface area contributed by atoms with Crippen LogP contribution in [0.5, 0.6) is 5.75 Å². The van der Waals surface area contributed by atoms with Crippen molar-refractivity contribution in [2.45, 2.75) is 77.5 Å². The first-order chi connectivity index (χ1) is 20.7. The summed E-state index contributed by atoms with van der Waals surface area (Å²) >= 11 is 0. The fraction of sp³-hybridized carbons (Fsp3) is 0.457. The molecule has 3 fully saturated rings. The number of aromatic nitrogens is 1. The molecule has 1 saturated carbocycles. The van der Waals surface area contributed by atoms with E-state index in [4.69, 9.17) is 20.2 Å². The molecule has 3 aliphatic rings. The minimum Gasteiger partial charge on any atom is -0.496 e. The number of aryl methyl sites for hydroxylation is 2. The van der Waals surface area contributed by atoms with Gasteiger partial charge in [0.15, 0.2) is 0 Å². The van der Waals surface area contributed by atoms with Crippen LogP contribution in [0.4, 0.5) is 10.6 Å². The summed E-state index contributed by atoms with van der Waals surface area (Å²) in [7, 11) is 1.69. The summed E-state index contributed by atoms with van der Waals surface area (Å²) in [4.78, 5) is 34.3. The number of carbonyl (C=O) groups excluding carboxylic acids is 2. The number of pyridine rings is 1. The van der Waals surface area contributed by atoms with Gasteiger partial charge in [-0.15, -0.1) is 0 Å². The van der Waals surface area contributed by atoms with E-state index in [-0.39, 0.29) is 30.1 Å². The van der Waals surface area contributed by atoms with Crippen molar-refractivity contribution in [1.82, 2.24) is 9.88 Å². The molecular weight excluding hydrogens is 540 g/mol. The lowest BCUT2D eigenvalue weighted by atomic mass is 9.78. The quantitative estimate of drug-likeness (QED) is 0.329. The average molecular weight is 583 g/mol. The van der Waals surface area contributed by atoms with Crippen LogP contribution in [0.25, 0.3) is 11.1 Å². The Morgan fingerprint density at radius 3 is 2.33 bits per heavy atom. The average Bonchev–Trinajstić information content (AvgIpc) is 3.24. The molecule has 3 aromatic rings. The fourth-order valence-corrected chi connectivity index (χ4v) is 6.97. The molecule has 0 radical (unpaired) electrons. The number of hydrogen-bond donors (Lipinski definition) is 1. The van der Waals surface area contributed by atoms with E-state index in [1.54, 1.807) is 12.0 Å². The third-order valence-corrected chi connectivity index (χ3v) is 9.54. The molecule has 3 heterocycles. The van der Waals surface area contributed by atoms with Crippen LogP contribution in [0.2, 0.25) is 0 Å². The zero-order valence-corrected chi connectivity index (χ0v) is 25.6. The topological polar surface area (TPSA) is 98.0 Å². The second-order valence-electron chi connectivity index (χ2n) is 12.5. The largest absolute Gasteiger partial charge is 0.496 e. The number of anilines is 1. The van der Waals surface area contributed by atoms with E-state index in [1.807, 2.05) is 6.07 Å². The molecule has 2 atom stereocenters. The molecule has 226 valence electrons. The van der Waals surface area contributed by atoms with Crippen molar-refractivity contribution in [3.05, 3.63) is 76.5 Å². The van der Waals surface area contributed by atoms with Crippen molar-refractivity contribution in [2.24, 2.45) is 11.7 Å². The number of benzene rings is 2. The second-order valence-corrected chi connectivity index (χ2v) is 12.5. The van der Waals surface area contributed by atoms with Crippen LogP contribution in [-0.2, 0) is 16.1 Å². The van der Waals surface area contributed by atoms with Crippen LogP contribution in [0, 0.1) is 19.8 Å². The van der Waals surface area contributed by atoms with Crippen LogP contribution in [0.3, 0.4) is 0 Å². The molecular formula is C35H42N4O4. The van der Waals surface area contributed by atoms with Crippen molar-refractivity contribution in [3.63, 3.8) is 0 Å². The van der Waals surface area contributed by atoms with E-state index >= 15 is 0 Å². The fourth-order valence-electron chi connectivity index (χ4n) is 6.97. The number of nitrogens with two attached hydrogens (primary N) is 1. The lowest BCUT2D eigenvalue weighted by molar-refractivity contribution is -0.122. The van der Waals surface area contributed by atoms with E-state index < -0.39 is 0 Å². The van der Waals surface area contributed by atoms with Gasteiger partial charge in [0.1, 0.15) is 17.7 Å². The third kappa shape index (κ3) is 5.79. The van der Waals surface area contributed by atoms with Gasteiger partial charge in [0.2, 0.25) is 5.91 Å². The molecule has 1 aliphatic carbocycles. The van der Waals surface area contributed by atoms with Gasteiger partial charge in [0, 0.05) is 30.1 Å². The van der Waals surface area contributed by atoms with Gasteiger partial charge in [-0.25, -0.2) is 9.78 Å². The highest BCUT2D eigenvalue weighted by Gasteiger charge is 2.40. The number of methoxy groups -OCH3 is 1. The van der Waals surface area contributed by atoms with Crippen LogP contribution >= 0.6 is 0 Å². The number of rotatable bonds is 8. The van der Waals surface area contributed by atoms with Gasteiger partial charge in [-0.3, -0.25) is 9.69 Å². The molecule has 0 bridgehead atoms. The normalized spacial score (nSPS) is 23.6. The maximum Gasteiger partial charge on any atom is 0.411 e. The Bertz CT molecular complexity index is 1510. The summed E-state index contributed by atoms with van der Waals surface area (Å²) in [5.74, 6) is 1.81. The molecule has 8 heteroatoms. The number of hydrogen-bond acceptors (Lipinski definition) is 6. The summed E-state index contributed by atoms with van der Waals surface area (Å²) in [5.41, 5.74) is 12.9. The van der Waals surface area contributed by atoms with Crippen molar-refractivity contribution in [3.8, 4) is 16.9 Å². The summed E-state index contributed by atoms with van der Waals surface area (Å²) in [6.45, 7) is 8.48. The van der Waals surface area contributed by atoms with Crippen molar-refractivity contribution in [1.29, 1.82) is 0 Å². The number of nitrogens with zero attached hydrogens (tertiary/aromatic N) is 3. The van der Waals surface area contributed by atoms with Crippen LogP contribution in [-0.4, -0.2) is 48.1 Å². The minimum absolute atomic E-state index is 0.0337. The Kier molecular flexibility index (Phi) is 8.03. The van der Waals surface area contributed by atoms with E-state index in [9.17, 15) is 9.59 Å². The van der Waals surface area contributed by atoms with Crippen molar-refractivity contribution < 1.29 is 19.1 Å². The van der Waals surface area contributed by atoms with Crippen LogP contribution < -0.4 is 15.4 Å². The first kappa shape index (κ1) is 29.0. The summed E-state index contributed by atoms with van der Waals surface area (Å²) < 4.78 is 11.8. The lowest BCUT2D eigenvalue weighted by Crippen LogP contribution is -2.38. The zero-order valence-electron chi connectivity index (χ0n) is 25.6. The smallest absolute Gasteiger partial charge is 0.411 e. The molecule has 2 aromatic carbocycles. The first-order valence-corrected chi connectivity index (χ1v) is 15.5. The minimum atomic E-state index is -0.346. The standard InChI is InChI=1S/C35H42N4O4/c1-21-16-22(2)18-27(17-21)33-23(3)39(35(41)43-33)20-30-28(11-13-32(37-30)38-14-5-15-38)29-19-26(10-12-31(29)42-4)24-6-8-25(9-7-24)34(36)40/h10-13,16-19,23-25,33H,5-9,14-15,20H2,1-4H3,(H2,36,40)/t23-,24?,25?,33-/m0/s1. The number of cyclic esters (lactones) is 1. The van der Waals surface area contributed by atoms with Crippen LogP contribution in [0.1, 0.15) is 79.0 Å². The molecule has 2 aliphatic heterocycles. The number of ether oxygens (including phenoxy) is 2. The van der Waals surface area contributed by atoms with Gasteiger partial charge in [-0.2, -0.15) is 0 Å². The Morgan fingerprint density at radius 1 is 0.977 bits per heavy atom. The van der Waals surface area contributed by atoms with Gasteiger partial charge in [0.05, 0.1) is 25.4 Å². The Hall–Kier alpha value is -4.07. The predicted octanol–water partition coefficient (Wildman–Crippen LogP) is 6.43. The summed E-state index contributed by atoms with van der Waals surface area (Å²) in [6, 6.07) is 16.7. The van der Waals surface area contributed by atoms with E-state index in [1.165, 1.54) is 5.56 Å². The Labute approximate surface area is 254 Å². The van der Waals surface area contributed by atoms with E-state index in [2.05, 4.69) is 68.1 Å². The highest BCUT2D eigenvalue weighted by atomic mass is 16.6. The molecule has 6 rings (SSSR count). The molecule has 8 nitrogen and oxygen atoms in total. The van der Waals surface area contributed by atoms with Crippen LogP contribution in [0.15, 0.2) is 48.5 Å². The molecule has 0 unspecified atom stereocenters. The maximum atomic E-state index is 13.3. The van der Waals surface area contributed by atoms with E-state index in [0.29, 0.717) is 12.5 Å². The highest BCUT2D eigenvalue weighted by molar-refractivity contribution is 5.77. The number of carbonyl (C=O) groups is 2. The number of primary amides is 1. The monoisotopic (exact) mass is 582 g/mol. The molecule has 2 N–H and O–H groups in total. The highest BCUT2D eigenvalue weighted by Crippen LogP contribution is 2.42. The molecule has 1 aromatic heterocycles. The summed E-state index contributed by atoms with van der Waals surface area (Å²) in [5, 5.41) is 0. The van der Waals surface area contributed by atoms with Gasteiger partial charge in [-0.1, -0.05) is 35.4 Å². The van der Waals surface area contributed by atoms with Gasteiger partial charge < -0.3 is 20.1 Å². The molecule has 0 spiro atoms. The van der Waals surface area contributed by atoms with E-state index in [0.717, 1.165) is 90.3 Å². The predicted molar refractivity (Wildman–Crippen MR) is 167 cm³/mol. The molecule has 2 amide bonds. The maximum absolute atomic E-state index is 13.3. The third-order valence-electron chi connectivity index (χ3n) is 9.54. The molecule has 43 heavy (non-hydrogen) atoms. The Balaban J connectivity index is 1.34. The van der Waals surface area contributed by atoms with Gasteiger partial charge in [0.25, 0.3) is 0 Å². The lowest BCUT2D eigenvalue weighted by Gasteiger charge is -2.33. The molecule has 2 saturated heterocycles. The SMILES string of the molecule is COc1ccc(C2CCC(C(N)=O)CC2)cc1-c1ccc(N2CCC2)nc1CN1C(=O)O[C@H](c2cc(C)cc(C)c2)[C@@H]1C. The van der Waals surface area contributed by atoms with Gasteiger partial charge in [-0.05, 0) is 94.2 Å². The van der Waals surface area contributed by atoms with Crippen molar-refractivity contribution >= 4 is 17.8 Å². The Morgan fingerprint density at radius 2 is 1.70 bits per heavy atom.